The van der Waals surface area contributed by atoms with Crippen molar-refractivity contribution in [2.24, 2.45) is 0 Å². The molecule has 0 spiro atoms. The van der Waals surface area contributed by atoms with Crippen molar-refractivity contribution in [2.45, 2.75) is 19.4 Å². The third-order valence-electron chi connectivity index (χ3n) is 2.41. The zero-order valence-corrected chi connectivity index (χ0v) is 10.1. The monoisotopic (exact) mass is 232 g/mol. The molecule has 0 aliphatic heterocycles. The maximum atomic E-state index is 11.8. The molecule has 0 aromatic heterocycles. The minimum Gasteiger partial charge on any atom is -0.385 e. The maximum absolute atomic E-state index is 11.8. The highest BCUT2D eigenvalue weighted by atomic mass is 16.5. The molecule has 4 heteroatoms. The van der Waals surface area contributed by atoms with Crippen LogP contribution in [-0.2, 0) is 4.74 Å². The van der Waals surface area contributed by atoms with Crippen molar-refractivity contribution in [3.8, 4) is 6.07 Å². The van der Waals surface area contributed by atoms with Crippen LogP contribution in [0, 0.1) is 11.3 Å². The minimum atomic E-state index is -0.127. The quantitative estimate of drug-likeness (QED) is 0.840. The highest BCUT2D eigenvalue weighted by Gasteiger charge is 2.09. The first-order chi connectivity index (χ1) is 8.17. The van der Waals surface area contributed by atoms with Gasteiger partial charge in [0, 0.05) is 25.3 Å². The number of methoxy groups -OCH3 is 1. The van der Waals surface area contributed by atoms with E-state index in [1.165, 1.54) is 0 Å². The van der Waals surface area contributed by atoms with Crippen molar-refractivity contribution in [1.29, 1.82) is 5.26 Å². The van der Waals surface area contributed by atoms with Gasteiger partial charge in [0.15, 0.2) is 0 Å². The van der Waals surface area contributed by atoms with Crippen molar-refractivity contribution >= 4 is 5.91 Å². The van der Waals surface area contributed by atoms with Gasteiger partial charge in [-0.3, -0.25) is 4.79 Å². The highest BCUT2D eigenvalue weighted by Crippen LogP contribution is 2.04. The molecular formula is C13H16N2O2. The van der Waals surface area contributed by atoms with Crippen molar-refractivity contribution < 1.29 is 9.53 Å². The van der Waals surface area contributed by atoms with Crippen molar-refractivity contribution in [1.82, 2.24) is 5.32 Å². The number of nitrogens with zero attached hydrogens (tertiary/aromatic N) is 1. The molecule has 1 aromatic carbocycles. The molecular weight excluding hydrogens is 216 g/mol. The number of amides is 1. The number of carbonyl (C=O) groups excluding carboxylic acids is 1. The molecule has 90 valence electrons. The average Bonchev–Trinajstić information content (AvgIpc) is 2.36. The number of nitrogens with one attached hydrogen (secondary N) is 1. The summed E-state index contributed by atoms with van der Waals surface area (Å²) < 4.78 is 4.94. The molecule has 17 heavy (non-hydrogen) atoms. The van der Waals surface area contributed by atoms with Crippen molar-refractivity contribution in [2.75, 3.05) is 13.7 Å². The summed E-state index contributed by atoms with van der Waals surface area (Å²) in [7, 11) is 1.63. The number of rotatable bonds is 5. The Bertz CT molecular complexity index is 406. The Labute approximate surface area is 101 Å². The third-order valence-corrected chi connectivity index (χ3v) is 2.41. The zero-order chi connectivity index (χ0) is 12.7. The van der Waals surface area contributed by atoms with E-state index in [0.29, 0.717) is 17.7 Å². The standard InChI is InChI=1S/C13H16N2O2/c1-10(7-8-17-2)15-13(16)12-5-3-11(9-14)4-6-12/h3-6,10H,7-8H2,1-2H3,(H,15,16). The van der Waals surface area contributed by atoms with E-state index in [1.54, 1.807) is 31.4 Å². The fraction of sp³-hybridized carbons (Fsp3) is 0.385. The van der Waals surface area contributed by atoms with Gasteiger partial charge in [0.25, 0.3) is 5.91 Å². The smallest absolute Gasteiger partial charge is 0.251 e. The molecule has 1 amide bonds. The molecule has 0 aliphatic carbocycles. The summed E-state index contributed by atoms with van der Waals surface area (Å²) >= 11 is 0. The van der Waals surface area contributed by atoms with Crippen LogP contribution in [0.3, 0.4) is 0 Å². The van der Waals surface area contributed by atoms with Crippen LogP contribution < -0.4 is 5.32 Å². The molecule has 0 saturated heterocycles. The van der Waals surface area contributed by atoms with E-state index < -0.39 is 0 Å². The molecule has 0 bridgehead atoms. The van der Waals surface area contributed by atoms with E-state index in [-0.39, 0.29) is 11.9 Å². The van der Waals surface area contributed by atoms with Gasteiger partial charge in [-0.05, 0) is 37.6 Å². The van der Waals surface area contributed by atoms with Gasteiger partial charge in [0.1, 0.15) is 0 Å². The first-order valence-corrected chi connectivity index (χ1v) is 5.47. The number of nitriles is 1. The molecule has 4 nitrogen and oxygen atoms in total. The van der Waals surface area contributed by atoms with E-state index in [2.05, 4.69) is 5.32 Å². The summed E-state index contributed by atoms with van der Waals surface area (Å²) in [4.78, 5) is 11.8. The molecule has 1 N–H and O–H groups in total. The number of carbonyl (C=O) groups is 1. The minimum absolute atomic E-state index is 0.0677. The predicted molar refractivity (Wildman–Crippen MR) is 64.6 cm³/mol. The SMILES string of the molecule is COCCC(C)NC(=O)c1ccc(C#N)cc1. The van der Waals surface area contributed by atoms with E-state index >= 15 is 0 Å². The first kappa shape index (κ1) is 13.2. The lowest BCUT2D eigenvalue weighted by Gasteiger charge is -2.13. The zero-order valence-electron chi connectivity index (χ0n) is 10.1. The lowest BCUT2D eigenvalue weighted by Crippen LogP contribution is -2.33. The largest absolute Gasteiger partial charge is 0.385 e. The Morgan fingerprint density at radius 1 is 1.47 bits per heavy atom. The third kappa shape index (κ3) is 4.25. The molecule has 0 radical (unpaired) electrons. The molecule has 0 heterocycles. The van der Waals surface area contributed by atoms with Gasteiger partial charge in [-0.1, -0.05) is 0 Å². The maximum Gasteiger partial charge on any atom is 0.251 e. The molecule has 1 aromatic rings. The van der Waals surface area contributed by atoms with Gasteiger partial charge in [0.2, 0.25) is 0 Å². The molecule has 1 rings (SSSR count). The van der Waals surface area contributed by atoms with Gasteiger partial charge >= 0.3 is 0 Å². The lowest BCUT2D eigenvalue weighted by atomic mass is 10.1. The second-order valence-corrected chi connectivity index (χ2v) is 3.85. The van der Waals surface area contributed by atoms with Gasteiger partial charge in [-0.25, -0.2) is 0 Å². The number of hydrogen-bond acceptors (Lipinski definition) is 3. The fourth-order valence-electron chi connectivity index (χ4n) is 1.37. The second kappa shape index (κ2) is 6.66. The summed E-state index contributed by atoms with van der Waals surface area (Å²) in [6, 6.07) is 8.65. The van der Waals surface area contributed by atoms with Gasteiger partial charge in [0.05, 0.1) is 11.6 Å². The number of benzene rings is 1. The van der Waals surface area contributed by atoms with Crippen LogP contribution in [0.1, 0.15) is 29.3 Å². The van der Waals surface area contributed by atoms with Crippen LogP contribution >= 0.6 is 0 Å². The summed E-state index contributed by atoms with van der Waals surface area (Å²) in [5, 5.41) is 11.5. The second-order valence-electron chi connectivity index (χ2n) is 3.85. The van der Waals surface area contributed by atoms with Gasteiger partial charge in [-0.15, -0.1) is 0 Å². The van der Waals surface area contributed by atoms with Crippen LogP contribution in [0.15, 0.2) is 24.3 Å². The first-order valence-electron chi connectivity index (χ1n) is 5.47. The van der Waals surface area contributed by atoms with Crippen LogP contribution in [0.25, 0.3) is 0 Å². The Balaban J connectivity index is 2.54. The topological polar surface area (TPSA) is 62.1 Å². The van der Waals surface area contributed by atoms with Crippen molar-refractivity contribution in [3.63, 3.8) is 0 Å². The van der Waals surface area contributed by atoms with Crippen LogP contribution in [0.5, 0.6) is 0 Å². The summed E-state index contributed by atoms with van der Waals surface area (Å²) in [5.74, 6) is -0.127. The molecule has 0 aliphatic rings. The normalized spacial score (nSPS) is 11.6. The summed E-state index contributed by atoms with van der Waals surface area (Å²) in [6.07, 6.45) is 0.776. The summed E-state index contributed by atoms with van der Waals surface area (Å²) in [5.41, 5.74) is 1.11. The Hall–Kier alpha value is -1.86. The number of hydrogen-bond donors (Lipinski definition) is 1. The van der Waals surface area contributed by atoms with Crippen LogP contribution in [0.4, 0.5) is 0 Å². The molecule has 1 unspecified atom stereocenters. The average molecular weight is 232 g/mol. The van der Waals surface area contributed by atoms with Crippen LogP contribution in [0.2, 0.25) is 0 Å². The Kier molecular flexibility index (Phi) is 5.18. The highest BCUT2D eigenvalue weighted by molar-refractivity contribution is 5.94. The number of ether oxygens (including phenoxy) is 1. The predicted octanol–water partition coefficient (Wildman–Crippen LogP) is 1.71. The van der Waals surface area contributed by atoms with E-state index in [0.717, 1.165) is 6.42 Å². The van der Waals surface area contributed by atoms with E-state index in [9.17, 15) is 4.79 Å². The molecule has 0 saturated carbocycles. The van der Waals surface area contributed by atoms with Crippen LogP contribution in [-0.4, -0.2) is 25.7 Å². The lowest BCUT2D eigenvalue weighted by molar-refractivity contribution is 0.0929. The Morgan fingerprint density at radius 3 is 2.65 bits per heavy atom. The fourth-order valence-corrected chi connectivity index (χ4v) is 1.37. The van der Waals surface area contributed by atoms with Gasteiger partial charge in [-0.2, -0.15) is 5.26 Å². The van der Waals surface area contributed by atoms with E-state index in [4.69, 9.17) is 10.00 Å². The molecule has 1 atom stereocenters. The Morgan fingerprint density at radius 2 is 2.12 bits per heavy atom. The summed E-state index contributed by atoms with van der Waals surface area (Å²) in [6.45, 7) is 2.55. The van der Waals surface area contributed by atoms with Gasteiger partial charge < -0.3 is 10.1 Å². The molecule has 0 fully saturated rings. The van der Waals surface area contributed by atoms with E-state index in [1.807, 2.05) is 13.0 Å². The van der Waals surface area contributed by atoms with Crippen molar-refractivity contribution in [3.05, 3.63) is 35.4 Å².